The van der Waals surface area contributed by atoms with E-state index in [1.54, 1.807) is 0 Å². The fourth-order valence-corrected chi connectivity index (χ4v) is 2.00. The van der Waals surface area contributed by atoms with Gasteiger partial charge in [0.1, 0.15) is 0 Å². The van der Waals surface area contributed by atoms with Crippen molar-refractivity contribution in [2.75, 3.05) is 6.54 Å². The number of rotatable bonds is 6. The van der Waals surface area contributed by atoms with Crippen LogP contribution in [0.15, 0.2) is 0 Å². The highest BCUT2D eigenvalue weighted by Crippen LogP contribution is 2.26. The average Bonchev–Trinajstić information content (AvgIpc) is 2.08. The predicted molar refractivity (Wildman–Crippen MR) is 55.7 cm³/mol. The number of hydrogen-bond donors (Lipinski definition) is 2. The first kappa shape index (κ1) is 11.0. The summed E-state index contributed by atoms with van der Waals surface area (Å²) in [6.07, 6.45) is 5.79. The molecule has 0 aliphatic heterocycles. The molecule has 1 rings (SSSR count). The summed E-state index contributed by atoms with van der Waals surface area (Å²) in [6, 6.07) is 0.697. The van der Waals surface area contributed by atoms with Crippen LogP contribution in [0, 0.1) is 5.92 Å². The molecule has 78 valence electrons. The van der Waals surface area contributed by atoms with Crippen LogP contribution in [0.25, 0.3) is 0 Å². The second kappa shape index (κ2) is 5.61. The molecule has 0 heterocycles. The third kappa shape index (κ3) is 3.65. The molecule has 0 aromatic carbocycles. The monoisotopic (exact) mass is 185 g/mol. The van der Waals surface area contributed by atoms with Gasteiger partial charge in [0.05, 0.1) is 6.10 Å². The zero-order valence-corrected chi connectivity index (χ0v) is 8.92. The highest BCUT2D eigenvalue weighted by Gasteiger charge is 2.26. The molecular formula is C11H23NO. The quantitative estimate of drug-likeness (QED) is 0.662. The molecule has 2 nitrogen and oxygen atoms in total. The van der Waals surface area contributed by atoms with Crippen LogP contribution in [0.4, 0.5) is 0 Å². The Labute approximate surface area is 81.7 Å². The van der Waals surface area contributed by atoms with E-state index in [4.69, 9.17) is 5.11 Å². The number of aliphatic hydroxyl groups excluding tert-OH is 1. The van der Waals surface area contributed by atoms with Crippen molar-refractivity contribution in [3.05, 3.63) is 0 Å². The molecule has 0 bridgehead atoms. The molecule has 0 amide bonds. The van der Waals surface area contributed by atoms with Crippen molar-refractivity contribution in [1.29, 1.82) is 0 Å². The van der Waals surface area contributed by atoms with E-state index in [1.807, 2.05) is 0 Å². The molecule has 2 N–H and O–H groups in total. The Balaban J connectivity index is 2.02. The van der Waals surface area contributed by atoms with Crippen LogP contribution < -0.4 is 5.32 Å². The second-order valence-corrected chi connectivity index (χ2v) is 4.29. The Morgan fingerprint density at radius 3 is 2.54 bits per heavy atom. The van der Waals surface area contributed by atoms with Crippen LogP contribution in [0.2, 0.25) is 0 Å². The predicted octanol–water partition coefficient (Wildman–Crippen LogP) is 1.93. The van der Waals surface area contributed by atoms with Gasteiger partial charge in [-0.25, -0.2) is 0 Å². The van der Waals surface area contributed by atoms with E-state index < -0.39 is 0 Å². The molecule has 1 fully saturated rings. The zero-order chi connectivity index (χ0) is 9.68. The van der Waals surface area contributed by atoms with Crippen molar-refractivity contribution >= 4 is 0 Å². The molecule has 1 aliphatic carbocycles. The maximum atomic E-state index is 9.12. The SMILES string of the molecule is CCCC(CC)NCC1CC(O)C1. The summed E-state index contributed by atoms with van der Waals surface area (Å²) in [6.45, 7) is 5.58. The van der Waals surface area contributed by atoms with Crippen LogP contribution in [0.3, 0.4) is 0 Å². The highest BCUT2D eigenvalue weighted by molar-refractivity contribution is 4.81. The van der Waals surface area contributed by atoms with E-state index in [1.165, 1.54) is 19.3 Å². The van der Waals surface area contributed by atoms with Gasteiger partial charge in [-0.15, -0.1) is 0 Å². The number of hydrogen-bond acceptors (Lipinski definition) is 2. The van der Waals surface area contributed by atoms with Gasteiger partial charge >= 0.3 is 0 Å². The molecule has 0 spiro atoms. The van der Waals surface area contributed by atoms with Gasteiger partial charge in [-0.05, 0) is 38.1 Å². The van der Waals surface area contributed by atoms with Gasteiger partial charge in [0, 0.05) is 6.04 Å². The third-order valence-corrected chi connectivity index (χ3v) is 3.04. The first-order valence-electron chi connectivity index (χ1n) is 5.67. The lowest BCUT2D eigenvalue weighted by Gasteiger charge is -2.32. The van der Waals surface area contributed by atoms with Crippen molar-refractivity contribution in [2.24, 2.45) is 5.92 Å². The average molecular weight is 185 g/mol. The van der Waals surface area contributed by atoms with Crippen molar-refractivity contribution in [2.45, 2.75) is 58.1 Å². The minimum absolute atomic E-state index is 0.00180. The van der Waals surface area contributed by atoms with Gasteiger partial charge in [0.25, 0.3) is 0 Å². The second-order valence-electron chi connectivity index (χ2n) is 4.29. The van der Waals surface area contributed by atoms with Crippen LogP contribution in [-0.4, -0.2) is 23.8 Å². The summed E-state index contributed by atoms with van der Waals surface area (Å²) >= 11 is 0. The van der Waals surface area contributed by atoms with Gasteiger partial charge in [-0.3, -0.25) is 0 Å². The molecule has 0 aromatic rings. The lowest BCUT2D eigenvalue weighted by atomic mass is 9.82. The first-order chi connectivity index (χ1) is 6.26. The summed E-state index contributed by atoms with van der Waals surface area (Å²) in [5.74, 6) is 0.737. The van der Waals surface area contributed by atoms with Gasteiger partial charge in [-0.2, -0.15) is 0 Å². The van der Waals surface area contributed by atoms with Crippen molar-refractivity contribution in [1.82, 2.24) is 5.32 Å². The minimum atomic E-state index is -0.00180. The molecule has 0 aromatic heterocycles. The molecule has 2 heteroatoms. The standard InChI is InChI=1S/C11H23NO/c1-3-5-10(4-2)12-8-9-6-11(13)7-9/h9-13H,3-8H2,1-2H3. The molecule has 1 unspecified atom stereocenters. The van der Waals surface area contributed by atoms with Crippen LogP contribution in [0.5, 0.6) is 0 Å². The molecule has 1 aliphatic rings. The Morgan fingerprint density at radius 1 is 1.38 bits per heavy atom. The zero-order valence-electron chi connectivity index (χ0n) is 8.92. The fourth-order valence-electron chi connectivity index (χ4n) is 2.00. The first-order valence-corrected chi connectivity index (χ1v) is 5.67. The molecular weight excluding hydrogens is 162 g/mol. The van der Waals surface area contributed by atoms with E-state index >= 15 is 0 Å². The normalized spacial score (nSPS) is 29.8. The minimum Gasteiger partial charge on any atom is -0.393 e. The molecule has 1 saturated carbocycles. The highest BCUT2D eigenvalue weighted by atomic mass is 16.3. The molecule has 0 radical (unpaired) electrons. The Bertz CT molecular complexity index is 132. The van der Waals surface area contributed by atoms with E-state index in [-0.39, 0.29) is 6.10 Å². The van der Waals surface area contributed by atoms with Crippen molar-refractivity contribution in [3.8, 4) is 0 Å². The molecule has 13 heavy (non-hydrogen) atoms. The summed E-state index contributed by atoms with van der Waals surface area (Å²) in [5, 5.41) is 12.7. The number of aliphatic hydroxyl groups is 1. The van der Waals surface area contributed by atoms with Gasteiger partial charge < -0.3 is 10.4 Å². The van der Waals surface area contributed by atoms with E-state index in [9.17, 15) is 0 Å². The largest absolute Gasteiger partial charge is 0.393 e. The third-order valence-electron chi connectivity index (χ3n) is 3.04. The molecule has 1 atom stereocenters. The van der Waals surface area contributed by atoms with Crippen molar-refractivity contribution < 1.29 is 5.11 Å². The molecule has 0 saturated heterocycles. The van der Waals surface area contributed by atoms with Crippen molar-refractivity contribution in [3.63, 3.8) is 0 Å². The fraction of sp³-hybridized carbons (Fsp3) is 1.00. The van der Waals surface area contributed by atoms with E-state index in [2.05, 4.69) is 19.2 Å². The maximum Gasteiger partial charge on any atom is 0.0546 e. The summed E-state index contributed by atoms with van der Waals surface area (Å²) in [4.78, 5) is 0. The summed E-state index contributed by atoms with van der Waals surface area (Å²) < 4.78 is 0. The number of nitrogens with one attached hydrogen (secondary N) is 1. The van der Waals surface area contributed by atoms with Crippen LogP contribution >= 0.6 is 0 Å². The topological polar surface area (TPSA) is 32.3 Å². The Morgan fingerprint density at radius 2 is 2.08 bits per heavy atom. The summed E-state index contributed by atoms with van der Waals surface area (Å²) in [5.41, 5.74) is 0. The summed E-state index contributed by atoms with van der Waals surface area (Å²) in [7, 11) is 0. The Hall–Kier alpha value is -0.0800. The van der Waals surface area contributed by atoms with E-state index in [0.29, 0.717) is 6.04 Å². The van der Waals surface area contributed by atoms with E-state index in [0.717, 1.165) is 25.3 Å². The lowest BCUT2D eigenvalue weighted by Crippen LogP contribution is -2.40. The maximum absolute atomic E-state index is 9.12. The van der Waals surface area contributed by atoms with Crippen LogP contribution in [-0.2, 0) is 0 Å². The smallest absolute Gasteiger partial charge is 0.0546 e. The van der Waals surface area contributed by atoms with Gasteiger partial charge in [0.15, 0.2) is 0 Å². The van der Waals surface area contributed by atoms with Crippen LogP contribution in [0.1, 0.15) is 46.0 Å². The van der Waals surface area contributed by atoms with Gasteiger partial charge in [-0.1, -0.05) is 20.3 Å². The lowest BCUT2D eigenvalue weighted by molar-refractivity contribution is 0.0416. The Kier molecular flexibility index (Phi) is 4.74. The van der Waals surface area contributed by atoms with Gasteiger partial charge in [0.2, 0.25) is 0 Å².